The van der Waals surface area contributed by atoms with Crippen molar-refractivity contribution in [2.75, 3.05) is 0 Å². The van der Waals surface area contributed by atoms with Crippen molar-refractivity contribution in [3.05, 3.63) is 95.7 Å². The number of rotatable bonds is 5. The number of carbonyl (C=O) groups excluding carboxylic acids is 1. The fourth-order valence-electron chi connectivity index (χ4n) is 3.13. The molecule has 1 amide bonds. The molecular weight excluding hydrogens is 360 g/mol. The van der Waals surface area contributed by atoms with Gasteiger partial charge < -0.3 is 0 Å². The van der Waals surface area contributed by atoms with Crippen LogP contribution < -0.4 is 5.43 Å². The molecule has 0 saturated heterocycles. The molecule has 142 valence electrons. The predicted molar refractivity (Wildman–Crippen MR) is 118 cm³/mol. The molecule has 0 bridgehead atoms. The van der Waals surface area contributed by atoms with Crippen molar-refractivity contribution in [2.24, 2.45) is 5.10 Å². The number of hydrogen-bond acceptors (Lipinski definition) is 3. The summed E-state index contributed by atoms with van der Waals surface area (Å²) in [6.07, 6.45) is 3.61. The molecule has 4 aromatic rings. The van der Waals surface area contributed by atoms with E-state index in [4.69, 9.17) is 0 Å². The third kappa shape index (κ3) is 4.30. The Labute approximate surface area is 168 Å². The van der Waals surface area contributed by atoms with E-state index >= 15 is 0 Å². The van der Waals surface area contributed by atoms with E-state index in [0.717, 1.165) is 33.2 Å². The van der Waals surface area contributed by atoms with E-state index in [1.54, 1.807) is 12.3 Å². The zero-order valence-corrected chi connectivity index (χ0v) is 16.0. The quantitative estimate of drug-likeness (QED) is 0.376. The molecule has 0 aliphatic rings. The highest BCUT2D eigenvalue weighted by Gasteiger charge is 2.12. The summed E-state index contributed by atoms with van der Waals surface area (Å²) >= 11 is 0. The molecular formula is C24H20N4O. The maximum Gasteiger partial charge on any atom is 0.289 e. The first-order chi connectivity index (χ1) is 14.2. The van der Waals surface area contributed by atoms with Crippen LogP contribution >= 0.6 is 0 Å². The molecule has 5 heteroatoms. The van der Waals surface area contributed by atoms with Gasteiger partial charge in [-0.1, -0.05) is 78.9 Å². The van der Waals surface area contributed by atoms with Gasteiger partial charge in [0.1, 0.15) is 5.69 Å². The number of carbonyl (C=O) groups is 1. The molecule has 0 unspecified atom stereocenters. The lowest BCUT2D eigenvalue weighted by atomic mass is 10.0. The Kier molecular flexibility index (Phi) is 5.29. The lowest BCUT2D eigenvalue weighted by Crippen LogP contribution is -2.17. The van der Waals surface area contributed by atoms with E-state index in [1.165, 1.54) is 0 Å². The molecule has 1 heterocycles. The minimum absolute atomic E-state index is 0.340. The molecule has 29 heavy (non-hydrogen) atoms. The summed E-state index contributed by atoms with van der Waals surface area (Å²) in [4.78, 5) is 12.4. The number of fused-ring (bicyclic) bond motifs is 1. The van der Waals surface area contributed by atoms with Gasteiger partial charge in [-0.05, 0) is 34.9 Å². The van der Waals surface area contributed by atoms with Crippen LogP contribution in [-0.4, -0.2) is 22.3 Å². The van der Waals surface area contributed by atoms with Crippen molar-refractivity contribution in [1.29, 1.82) is 0 Å². The van der Waals surface area contributed by atoms with Gasteiger partial charge in [-0.3, -0.25) is 9.89 Å². The first-order valence-corrected chi connectivity index (χ1v) is 9.31. The average molecular weight is 380 g/mol. The number of hydrogen-bond donors (Lipinski definition) is 2. The number of aromatic nitrogens is 2. The van der Waals surface area contributed by atoms with Crippen molar-refractivity contribution < 1.29 is 4.79 Å². The number of H-pyrrole nitrogens is 1. The highest BCUT2D eigenvalue weighted by molar-refractivity contribution is 5.98. The third-order valence-corrected chi connectivity index (χ3v) is 4.52. The maximum atomic E-state index is 12.4. The van der Waals surface area contributed by atoms with Crippen LogP contribution in [0.15, 0.2) is 89.5 Å². The predicted octanol–water partition coefficient (Wildman–Crippen LogP) is 5.05. The molecule has 4 rings (SSSR count). The molecule has 0 fully saturated rings. The molecule has 5 nitrogen and oxygen atoms in total. The zero-order valence-electron chi connectivity index (χ0n) is 16.0. The van der Waals surface area contributed by atoms with E-state index in [0.29, 0.717) is 5.69 Å². The van der Waals surface area contributed by atoms with Crippen LogP contribution in [0.5, 0.6) is 0 Å². The number of hydrazone groups is 1. The summed E-state index contributed by atoms with van der Waals surface area (Å²) in [5.41, 5.74) is 6.59. The molecule has 2 N–H and O–H groups in total. The van der Waals surface area contributed by atoms with Crippen LogP contribution in [-0.2, 0) is 0 Å². The van der Waals surface area contributed by atoms with E-state index in [-0.39, 0.29) is 5.91 Å². The van der Waals surface area contributed by atoms with Crippen molar-refractivity contribution in [3.63, 3.8) is 0 Å². The van der Waals surface area contributed by atoms with Gasteiger partial charge in [-0.25, -0.2) is 5.43 Å². The Bertz CT molecular complexity index is 1200. The smallest absolute Gasteiger partial charge is 0.272 e. The van der Waals surface area contributed by atoms with Gasteiger partial charge in [-0.2, -0.15) is 10.2 Å². The lowest BCUT2D eigenvalue weighted by Gasteiger charge is -2.02. The van der Waals surface area contributed by atoms with E-state index in [9.17, 15) is 4.79 Å². The SMILES string of the molecule is CC(C=NNC(=O)c1cc(-c2cccc3ccccc23)n[nH]1)=Cc1ccccc1. The second kappa shape index (κ2) is 8.35. The van der Waals surface area contributed by atoms with Gasteiger partial charge in [0.05, 0.1) is 11.9 Å². The number of nitrogens with zero attached hydrogens (tertiary/aromatic N) is 2. The minimum Gasteiger partial charge on any atom is -0.272 e. The van der Waals surface area contributed by atoms with Crippen LogP contribution in [0.25, 0.3) is 28.1 Å². The summed E-state index contributed by atoms with van der Waals surface area (Å²) in [5, 5.41) is 13.4. The van der Waals surface area contributed by atoms with Crippen molar-refractivity contribution >= 4 is 29.0 Å². The highest BCUT2D eigenvalue weighted by atomic mass is 16.2. The Morgan fingerprint density at radius 2 is 1.76 bits per heavy atom. The molecule has 0 radical (unpaired) electrons. The Hall–Kier alpha value is -3.99. The number of nitrogens with one attached hydrogen (secondary N) is 2. The zero-order chi connectivity index (χ0) is 20.1. The molecule has 0 aliphatic carbocycles. The van der Waals surface area contributed by atoms with Crippen LogP contribution in [0.3, 0.4) is 0 Å². The Morgan fingerprint density at radius 3 is 2.62 bits per heavy atom. The number of amides is 1. The summed E-state index contributed by atoms with van der Waals surface area (Å²) in [7, 11) is 0. The van der Waals surface area contributed by atoms with Crippen molar-refractivity contribution in [2.45, 2.75) is 6.92 Å². The number of aromatic amines is 1. The highest BCUT2D eigenvalue weighted by Crippen LogP contribution is 2.27. The fraction of sp³-hybridized carbons (Fsp3) is 0.0417. The monoisotopic (exact) mass is 380 g/mol. The largest absolute Gasteiger partial charge is 0.289 e. The standard InChI is InChI=1S/C24H20N4O/c1-17(14-18-8-3-2-4-9-18)16-25-28-24(29)23-15-22(26-27-23)21-13-7-11-19-10-5-6-12-20(19)21/h2-16H,1H3,(H,26,27)(H,28,29). The average Bonchev–Trinajstić information content (AvgIpc) is 3.24. The van der Waals surface area contributed by atoms with Gasteiger partial charge in [0.25, 0.3) is 5.91 Å². The van der Waals surface area contributed by atoms with Gasteiger partial charge in [0.2, 0.25) is 0 Å². The van der Waals surface area contributed by atoms with Crippen LogP contribution in [0, 0.1) is 0 Å². The van der Waals surface area contributed by atoms with Gasteiger partial charge in [0.15, 0.2) is 0 Å². The van der Waals surface area contributed by atoms with Crippen LogP contribution in [0.2, 0.25) is 0 Å². The first-order valence-electron chi connectivity index (χ1n) is 9.31. The van der Waals surface area contributed by atoms with Crippen molar-refractivity contribution in [1.82, 2.24) is 15.6 Å². The molecule has 0 atom stereocenters. The van der Waals surface area contributed by atoms with E-state index in [2.05, 4.69) is 32.9 Å². The van der Waals surface area contributed by atoms with Crippen LogP contribution in [0.4, 0.5) is 0 Å². The Morgan fingerprint density at radius 1 is 1.00 bits per heavy atom. The molecule has 0 saturated carbocycles. The fourth-order valence-corrected chi connectivity index (χ4v) is 3.13. The van der Waals surface area contributed by atoms with Crippen LogP contribution in [0.1, 0.15) is 23.0 Å². The minimum atomic E-state index is -0.340. The second-order valence-electron chi connectivity index (χ2n) is 6.69. The molecule has 0 spiro atoms. The normalized spacial score (nSPS) is 11.8. The number of benzene rings is 3. The summed E-state index contributed by atoms with van der Waals surface area (Å²) in [5.74, 6) is -0.340. The number of allylic oxidation sites excluding steroid dienone is 1. The first kappa shape index (κ1) is 18.4. The summed E-state index contributed by atoms with van der Waals surface area (Å²) in [6.45, 7) is 1.93. The summed E-state index contributed by atoms with van der Waals surface area (Å²) < 4.78 is 0. The lowest BCUT2D eigenvalue weighted by molar-refractivity contribution is 0.0950. The molecule has 1 aromatic heterocycles. The molecule has 3 aromatic carbocycles. The Balaban J connectivity index is 1.47. The van der Waals surface area contributed by atoms with E-state index in [1.807, 2.05) is 73.7 Å². The van der Waals surface area contributed by atoms with Crippen molar-refractivity contribution in [3.8, 4) is 11.3 Å². The third-order valence-electron chi connectivity index (χ3n) is 4.52. The van der Waals surface area contributed by atoms with Gasteiger partial charge in [-0.15, -0.1) is 0 Å². The van der Waals surface area contributed by atoms with E-state index < -0.39 is 0 Å². The topological polar surface area (TPSA) is 70.1 Å². The maximum absolute atomic E-state index is 12.4. The second-order valence-corrected chi connectivity index (χ2v) is 6.69. The molecule has 0 aliphatic heterocycles. The van der Waals surface area contributed by atoms with Gasteiger partial charge in [0, 0.05) is 5.56 Å². The summed E-state index contributed by atoms with van der Waals surface area (Å²) in [6, 6.07) is 25.8. The van der Waals surface area contributed by atoms with Gasteiger partial charge >= 0.3 is 0 Å².